The van der Waals surface area contributed by atoms with Crippen LogP contribution in [-0.2, 0) is 6.42 Å². The summed E-state index contributed by atoms with van der Waals surface area (Å²) in [5.41, 5.74) is 3.40. The van der Waals surface area contributed by atoms with E-state index in [1.54, 1.807) is 10.9 Å². The Morgan fingerprint density at radius 1 is 1.15 bits per heavy atom. The smallest absolute Gasteiger partial charge is 0.251 e. The van der Waals surface area contributed by atoms with Gasteiger partial charge in [0.25, 0.3) is 5.95 Å². The third-order valence-corrected chi connectivity index (χ3v) is 3.61. The van der Waals surface area contributed by atoms with Gasteiger partial charge in [-0.15, -0.1) is 0 Å². The predicted molar refractivity (Wildman–Crippen MR) is 75.1 cm³/mol. The number of hydrogen-bond donors (Lipinski definition) is 0. The summed E-state index contributed by atoms with van der Waals surface area (Å²) in [6.45, 7) is 8.08. The second-order valence-electron chi connectivity index (χ2n) is 6.31. The van der Waals surface area contributed by atoms with Crippen LogP contribution in [0.15, 0.2) is 12.3 Å². The molecule has 0 aromatic carbocycles. The maximum Gasteiger partial charge on any atom is 0.251 e. The van der Waals surface area contributed by atoms with E-state index in [1.165, 1.54) is 0 Å². The number of hydrogen-bond acceptors (Lipinski definition) is 4. The van der Waals surface area contributed by atoms with Crippen LogP contribution < -0.4 is 0 Å². The van der Waals surface area contributed by atoms with Crippen LogP contribution in [0.3, 0.4) is 0 Å². The van der Waals surface area contributed by atoms with Crippen molar-refractivity contribution in [3.8, 4) is 5.95 Å². The highest BCUT2D eigenvalue weighted by atomic mass is 16.1. The molecule has 2 aromatic rings. The third kappa shape index (κ3) is 2.13. The summed E-state index contributed by atoms with van der Waals surface area (Å²) >= 11 is 0. The quantitative estimate of drug-likeness (QED) is 0.798. The third-order valence-electron chi connectivity index (χ3n) is 3.61. The average molecular weight is 270 g/mol. The molecule has 0 atom stereocenters. The SMILES string of the molecule is Cc1cc(C)nc(-n2ncc3c2CC(C)(C)CC3=O)n1. The minimum absolute atomic E-state index is 0.0409. The maximum atomic E-state index is 12.2. The second kappa shape index (κ2) is 4.23. The number of ketones is 1. The standard InChI is InChI=1S/C15H18N4O/c1-9-5-10(2)18-14(17-9)19-12-6-15(3,4)7-13(20)11(12)8-16-19/h5,8H,6-7H2,1-4H3. The lowest BCUT2D eigenvalue weighted by Gasteiger charge is -2.28. The van der Waals surface area contributed by atoms with Crippen LogP contribution in [0.25, 0.3) is 5.95 Å². The molecular weight excluding hydrogens is 252 g/mol. The highest BCUT2D eigenvalue weighted by Crippen LogP contribution is 2.35. The van der Waals surface area contributed by atoms with Crippen molar-refractivity contribution in [3.05, 3.63) is 34.9 Å². The maximum absolute atomic E-state index is 12.2. The Morgan fingerprint density at radius 3 is 2.45 bits per heavy atom. The number of carbonyl (C=O) groups excluding carboxylic acids is 1. The zero-order valence-corrected chi connectivity index (χ0v) is 12.3. The van der Waals surface area contributed by atoms with Crippen LogP contribution in [-0.4, -0.2) is 25.5 Å². The van der Waals surface area contributed by atoms with Gasteiger partial charge < -0.3 is 0 Å². The van der Waals surface area contributed by atoms with Gasteiger partial charge in [-0.05, 0) is 31.7 Å². The van der Waals surface area contributed by atoms with Gasteiger partial charge in [0.1, 0.15) is 0 Å². The zero-order valence-electron chi connectivity index (χ0n) is 12.3. The number of carbonyl (C=O) groups is 1. The van der Waals surface area contributed by atoms with E-state index < -0.39 is 0 Å². The van der Waals surface area contributed by atoms with Crippen LogP contribution in [0.1, 0.15) is 47.7 Å². The van der Waals surface area contributed by atoms with Gasteiger partial charge >= 0.3 is 0 Å². The van der Waals surface area contributed by atoms with Gasteiger partial charge in [0.15, 0.2) is 5.78 Å². The van der Waals surface area contributed by atoms with E-state index in [-0.39, 0.29) is 11.2 Å². The number of aryl methyl sites for hydroxylation is 2. The van der Waals surface area contributed by atoms with Crippen molar-refractivity contribution >= 4 is 5.78 Å². The Bertz CT molecular complexity index is 680. The largest absolute Gasteiger partial charge is 0.294 e. The molecule has 0 N–H and O–H groups in total. The van der Waals surface area contributed by atoms with Gasteiger partial charge in [0.2, 0.25) is 0 Å². The molecule has 5 nitrogen and oxygen atoms in total. The molecule has 0 spiro atoms. The van der Waals surface area contributed by atoms with E-state index in [0.717, 1.165) is 23.5 Å². The first-order valence-electron chi connectivity index (χ1n) is 6.78. The monoisotopic (exact) mass is 270 g/mol. The molecular formula is C15H18N4O. The average Bonchev–Trinajstić information content (AvgIpc) is 2.69. The van der Waals surface area contributed by atoms with Gasteiger partial charge in [0.05, 0.1) is 17.5 Å². The Labute approximate surface area is 118 Å². The van der Waals surface area contributed by atoms with E-state index in [0.29, 0.717) is 17.9 Å². The van der Waals surface area contributed by atoms with Gasteiger partial charge in [-0.3, -0.25) is 4.79 Å². The molecule has 0 aliphatic heterocycles. The van der Waals surface area contributed by atoms with E-state index in [2.05, 4.69) is 28.9 Å². The van der Waals surface area contributed by atoms with Crippen molar-refractivity contribution in [2.45, 2.75) is 40.5 Å². The number of rotatable bonds is 1. The molecule has 1 aliphatic carbocycles. The van der Waals surface area contributed by atoms with Crippen LogP contribution >= 0.6 is 0 Å². The van der Waals surface area contributed by atoms with Gasteiger partial charge in [-0.1, -0.05) is 13.8 Å². The number of aromatic nitrogens is 4. The van der Waals surface area contributed by atoms with Crippen LogP contribution in [0.5, 0.6) is 0 Å². The van der Waals surface area contributed by atoms with Crippen LogP contribution in [0.2, 0.25) is 0 Å². The molecule has 0 saturated heterocycles. The van der Waals surface area contributed by atoms with Gasteiger partial charge in [0, 0.05) is 17.8 Å². The van der Waals surface area contributed by atoms with Crippen molar-refractivity contribution in [2.24, 2.45) is 5.41 Å². The summed E-state index contributed by atoms with van der Waals surface area (Å²) in [7, 11) is 0. The Morgan fingerprint density at radius 2 is 1.80 bits per heavy atom. The summed E-state index contributed by atoms with van der Waals surface area (Å²) in [5, 5.41) is 4.34. The Hall–Kier alpha value is -2.04. The van der Waals surface area contributed by atoms with Crippen molar-refractivity contribution in [1.82, 2.24) is 19.7 Å². The van der Waals surface area contributed by atoms with E-state index >= 15 is 0 Å². The van der Waals surface area contributed by atoms with Crippen LogP contribution in [0, 0.1) is 19.3 Å². The van der Waals surface area contributed by atoms with Crippen molar-refractivity contribution in [3.63, 3.8) is 0 Å². The summed E-state index contributed by atoms with van der Waals surface area (Å²) in [6, 6.07) is 1.93. The lowest BCUT2D eigenvalue weighted by atomic mass is 9.76. The first-order chi connectivity index (χ1) is 9.35. The van der Waals surface area contributed by atoms with Crippen molar-refractivity contribution < 1.29 is 4.79 Å². The fourth-order valence-corrected chi connectivity index (χ4v) is 2.80. The fraction of sp³-hybridized carbons (Fsp3) is 0.467. The molecule has 0 radical (unpaired) electrons. The minimum Gasteiger partial charge on any atom is -0.294 e. The normalized spacial score (nSPS) is 17.1. The van der Waals surface area contributed by atoms with E-state index in [4.69, 9.17) is 0 Å². The number of Topliss-reactive ketones (excluding diaryl/α,β-unsaturated/α-hetero) is 1. The van der Waals surface area contributed by atoms with Gasteiger partial charge in [-0.25, -0.2) is 14.6 Å². The lowest BCUT2D eigenvalue weighted by molar-refractivity contribution is 0.0911. The summed E-state index contributed by atoms with van der Waals surface area (Å²) in [5.74, 6) is 0.709. The molecule has 1 aliphatic rings. The molecule has 0 bridgehead atoms. The molecule has 20 heavy (non-hydrogen) atoms. The molecule has 0 unspecified atom stereocenters. The molecule has 0 amide bonds. The van der Waals surface area contributed by atoms with Crippen LogP contribution in [0.4, 0.5) is 0 Å². The summed E-state index contributed by atoms with van der Waals surface area (Å²) in [6.07, 6.45) is 3.03. The first kappa shape index (κ1) is 13.0. The Balaban J connectivity index is 2.15. The van der Waals surface area contributed by atoms with Crippen molar-refractivity contribution in [2.75, 3.05) is 0 Å². The topological polar surface area (TPSA) is 60.7 Å². The number of nitrogens with zero attached hydrogens (tertiary/aromatic N) is 4. The fourth-order valence-electron chi connectivity index (χ4n) is 2.80. The number of fused-ring (bicyclic) bond motifs is 1. The molecule has 2 heterocycles. The predicted octanol–water partition coefficient (Wildman–Crippen LogP) is 2.43. The van der Waals surface area contributed by atoms with Crippen molar-refractivity contribution in [1.29, 1.82) is 0 Å². The lowest BCUT2D eigenvalue weighted by Crippen LogP contribution is -2.28. The van der Waals surface area contributed by atoms with Gasteiger partial charge in [-0.2, -0.15) is 5.10 Å². The van der Waals surface area contributed by atoms with E-state index in [1.807, 2.05) is 19.9 Å². The summed E-state index contributed by atoms with van der Waals surface area (Å²) < 4.78 is 1.72. The molecule has 2 aromatic heterocycles. The Kier molecular flexibility index (Phi) is 2.74. The first-order valence-corrected chi connectivity index (χ1v) is 6.78. The molecule has 104 valence electrons. The highest BCUT2D eigenvalue weighted by molar-refractivity contribution is 5.98. The molecule has 0 saturated carbocycles. The second-order valence-corrected chi connectivity index (χ2v) is 6.31. The molecule has 0 fully saturated rings. The molecule has 3 rings (SSSR count). The zero-order chi connectivity index (χ0) is 14.5. The minimum atomic E-state index is -0.0409. The highest BCUT2D eigenvalue weighted by Gasteiger charge is 2.34. The van der Waals surface area contributed by atoms with E-state index in [9.17, 15) is 4.79 Å². The molecule has 5 heteroatoms. The summed E-state index contributed by atoms with van der Waals surface area (Å²) in [4.78, 5) is 21.1.